The van der Waals surface area contributed by atoms with Gasteiger partial charge in [-0.25, -0.2) is 0 Å². The van der Waals surface area contributed by atoms with Crippen molar-refractivity contribution in [3.05, 3.63) is 47.3 Å². The smallest absolute Gasteiger partial charge is 0.250 e. The summed E-state index contributed by atoms with van der Waals surface area (Å²) in [6.45, 7) is 11.1. The van der Waals surface area contributed by atoms with Crippen LogP contribution < -0.4 is 0 Å². The first kappa shape index (κ1) is 25.8. The lowest BCUT2D eigenvalue weighted by Crippen LogP contribution is -2.50. The van der Waals surface area contributed by atoms with Crippen LogP contribution in [0.5, 0.6) is 0 Å². The molecule has 4 rings (SSSR count). The summed E-state index contributed by atoms with van der Waals surface area (Å²) in [5.41, 5.74) is 1.79. The molecule has 1 aromatic carbocycles. The van der Waals surface area contributed by atoms with Crippen LogP contribution in [-0.4, -0.2) is 58.7 Å². The van der Waals surface area contributed by atoms with Gasteiger partial charge in [-0.05, 0) is 57.4 Å². The summed E-state index contributed by atoms with van der Waals surface area (Å²) < 4.78 is 0. The van der Waals surface area contributed by atoms with Gasteiger partial charge >= 0.3 is 0 Å². The lowest BCUT2D eigenvalue weighted by atomic mass is 9.85. The zero-order valence-corrected chi connectivity index (χ0v) is 21.4. The number of carbonyl (C=O) groups excluding carboxylic acids is 1. The van der Waals surface area contributed by atoms with Crippen molar-refractivity contribution in [2.75, 3.05) is 19.6 Å². The first-order chi connectivity index (χ1) is 16.6. The Hall–Kier alpha value is -2.81. The zero-order valence-electron chi connectivity index (χ0n) is 21.4. The number of piperidine rings is 1. The van der Waals surface area contributed by atoms with Gasteiger partial charge in [0.05, 0.1) is 18.0 Å². The Balaban J connectivity index is 0.00000158. The molecule has 0 aromatic heterocycles. The lowest BCUT2D eigenvalue weighted by Gasteiger charge is -2.42. The Bertz CT molecular complexity index is 893. The molecule has 1 aromatic rings. The van der Waals surface area contributed by atoms with Gasteiger partial charge in [-0.1, -0.05) is 50.6 Å². The molecular weight excluding hydrogens is 422 g/mol. The van der Waals surface area contributed by atoms with Gasteiger partial charge in [0.25, 0.3) is 0 Å². The zero-order chi connectivity index (χ0) is 24.5. The van der Waals surface area contributed by atoms with Crippen LogP contribution in [0.25, 0.3) is 0 Å². The minimum atomic E-state index is -0.382. The van der Waals surface area contributed by atoms with Crippen molar-refractivity contribution in [1.82, 2.24) is 14.7 Å². The van der Waals surface area contributed by atoms with Crippen molar-refractivity contribution in [2.45, 2.75) is 84.8 Å². The van der Waals surface area contributed by atoms with E-state index in [1.54, 1.807) is 6.34 Å². The third kappa shape index (κ3) is 6.00. The van der Waals surface area contributed by atoms with E-state index in [9.17, 15) is 10.1 Å². The highest BCUT2D eigenvalue weighted by atomic mass is 16.2. The molecule has 1 saturated carbocycles. The Labute approximate surface area is 205 Å². The molecule has 34 heavy (non-hydrogen) atoms. The number of amides is 1. The topological polar surface area (TPSA) is 62.9 Å². The van der Waals surface area contributed by atoms with Crippen molar-refractivity contribution < 1.29 is 4.79 Å². The molecule has 1 saturated heterocycles. The van der Waals surface area contributed by atoms with E-state index in [1.807, 2.05) is 50.8 Å². The van der Waals surface area contributed by atoms with E-state index in [4.69, 9.17) is 4.99 Å². The fourth-order valence-corrected chi connectivity index (χ4v) is 4.89. The number of carbonyl (C=O) groups is 1. The van der Waals surface area contributed by atoms with Gasteiger partial charge in [0.1, 0.15) is 17.9 Å². The number of likely N-dealkylation sites (tertiary alicyclic amines) is 1. The molecule has 0 spiro atoms. The highest BCUT2D eigenvalue weighted by molar-refractivity contribution is 5.91. The number of hydrogen-bond donors (Lipinski definition) is 0. The van der Waals surface area contributed by atoms with Gasteiger partial charge in [-0.15, -0.1) is 0 Å². The quantitative estimate of drug-likeness (QED) is 0.603. The van der Waals surface area contributed by atoms with Crippen LogP contribution in [0.4, 0.5) is 0 Å². The second-order valence-electron chi connectivity index (χ2n) is 9.41. The molecule has 6 nitrogen and oxygen atoms in total. The van der Waals surface area contributed by atoms with Gasteiger partial charge < -0.3 is 14.7 Å². The van der Waals surface area contributed by atoms with Crippen LogP contribution >= 0.6 is 0 Å². The number of aliphatic imine (C=N–C) groups is 1. The molecule has 3 aliphatic rings. The van der Waals surface area contributed by atoms with Gasteiger partial charge in [0.15, 0.2) is 0 Å². The van der Waals surface area contributed by atoms with Crippen molar-refractivity contribution in [2.24, 2.45) is 10.9 Å². The Morgan fingerprint density at radius 3 is 2.29 bits per heavy atom. The molecular formula is C28H41N5O. The van der Waals surface area contributed by atoms with E-state index in [1.165, 1.54) is 25.7 Å². The van der Waals surface area contributed by atoms with Crippen molar-refractivity contribution >= 4 is 12.2 Å². The molecule has 0 bridgehead atoms. The average molecular weight is 464 g/mol. The first-order valence-corrected chi connectivity index (χ1v) is 13.1. The molecule has 2 aliphatic heterocycles. The molecule has 2 heterocycles. The number of nitriles is 1. The Morgan fingerprint density at radius 1 is 1.03 bits per heavy atom. The van der Waals surface area contributed by atoms with Crippen LogP contribution in [0.1, 0.15) is 71.8 Å². The Morgan fingerprint density at radius 2 is 1.71 bits per heavy atom. The van der Waals surface area contributed by atoms with Gasteiger partial charge in [0, 0.05) is 26.2 Å². The summed E-state index contributed by atoms with van der Waals surface area (Å²) in [6, 6.07) is 12.1. The predicted octanol–water partition coefficient (Wildman–Crippen LogP) is 5.18. The summed E-state index contributed by atoms with van der Waals surface area (Å²) in [7, 11) is 0. The third-order valence-electron chi connectivity index (χ3n) is 7.12. The molecule has 2 unspecified atom stereocenters. The fraction of sp³-hybridized carbons (Fsp3) is 0.607. The second kappa shape index (κ2) is 12.6. The molecule has 2 atom stereocenters. The maximum atomic E-state index is 13.7. The third-order valence-corrected chi connectivity index (χ3v) is 7.12. The van der Waals surface area contributed by atoms with Gasteiger partial charge in [0.2, 0.25) is 5.91 Å². The van der Waals surface area contributed by atoms with E-state index in [0.717, 1.165) is 43.9 Å². The minimum Gasteiger partial charge on any atom is -0.357 e. The predicted molar refractivity (Wildman–Crippen MR) is 138 cm³/mol. The van der Waals surface area contributed by atoms with Crippen LogP contribution in [0.15, 0.2) is 46.7 Å². The van der Waals surface area contributed by atoms with E-state index in [2.05, 4.69) is 28.0 Å². The largest absolute Gasteiger partial charge is 0.357 e. The van der Waals surface area contributed by atoms with Crippen molar-refractivity contribution in [3.8, 4) is 6.07 Å². The number of rotatable bonds is 5. The summed E-state index contributed by atoms with van der Waals surface area (Å²) in [6.07, 6.45) is 8.73. The lowest BCUT2D eigenvalue weighted by molar-refractivity contribution is -0.133. The van der Waals surface area contributed by atoms with E-state index in [-0.39, 0.29) is 18.0 Å². The van der Waals surface area contributed by atoms with Crippen LogP contribution in [0.3, 0.4) is 0 Å². The molecule has 2 fully saturated rings. The van der Waals surface area contributed by atoms with E-state index in [0.29, 0.717) is 18.0 Å². The molecule has 1 amide bonds. The molecule has 1 aliphatic carbocycles. The standard InChI is InChI=1S/C26H35N5O.C2H6/c1-20-24(16-27)25(29-14-7-4-8-15-29)31(18-23-10-5-3-6-11-23)21(2)26(32)30(19-28-20)17-22-12-9-13-22;1-2/h3,5-6,10-11,19-22H,4,7-9,12-15,17-18H2,1-2H3;1-2H3/b25-24-,28-19?;. The minimum absolute atomic E-state index is 0.0671. The molecule has 0 radical (unpaired) electrons. The number of benzene rings is 1. The number of hydrogen-bond acceptors (Lipinski definition) is 5. The summed E-state index contributed by atoms with van der Waals surface area (Å²) in [5, 5.41) is 10.2. The van der Waals surface area contributed by atoms with Crippen molar-refractivity contribution in [1.29, 1.82) is 5.26 Å². The average Bonchev–Trinajstić information content (AvgIpc) is 2.89. The van der Waals surface area contributed by atoms with Crippen LogP contribution in [0.2, 0.25) is 0 Å². The summed E-state index contributed by atoms with van der Waals surface area (Å²) in [5.74, 6) is 1.52. The van der Waals surface area contributed by atoms with Gasteiger partial charge in [-0.2, -0.15) is 5.26 Å². The normalized spacial score (nSPS) is 26.0. The first-order valence-electron chi connectivity index (χ1n) is 13.1. The highest BCUT2D eigenvalue weighted by Crippen LogP contribution is 2.30. The summed E-state index contributed by atoms with van der Waals surface area (Å²) in [4.78, 5) is 24.7. The van der Waals surface area contributed by atoms with Gasteiger partial charge in [-0.3, -0.25) is 9.79 Å². The van der Waals surface area contributed by atoms with Crippen molar-refractivity contribution in [3.63, 3.8) is 0 Å². The fourth-order valence-electron chi connectivity index (χ4n) is 4.89. The van der Waals surface area contributed by atoms with Crippen LogP contribution in [0, 0.1) is 17.2 Å². The summed E-state index contributed by atoms with van der Waals surface area (Å²) >= 11 is 0. The molecule has 184 valence electrons. The maximum Gasteiger partial charge on any atom is 0.250 e. The second-order valence-corrected chi connectivity index (χ2v) is 9.41. The molecule has 0 N–H and O–H groups in total. The van der Waals surface area contributed by atoms with E-state index >= 15 is 0 Å². The number of nitrogens with zero attached hydrogens (tertiary/aromatic N) is 5. The monoisotopic (exact) mass is 463 g/mol. The molecule has 6 heteroatoms. The maximum absolute atomic E-state index is 13.7. The Kier molecular flexibility index (Phi) is 9.56. The van der Waals surface area contributed by atoms with E-state index < -0.39 is 0 Å². The SMILES string of the molecule is CC.CC1N=CN(CC2CCC2)C(=O)C(C)N(Cc2ccccc2)/C(N2CCCCC2)=C\1C#N. The highest BCUT2D eigenvalue weighted by Gasteiger charge is 2.35. The van der Waals surface area contributed by atoms with Crippen LogP contribution in [-0.2, 0) is 11.3 Å².